The molecule has 5 heteroatoms. The summed E-state index contributed by atoms with van der Waals surface area (Å²) in [5.74, 6) is 1.48. The molecule has 0 amide bonds. The first-order valence-corrected chi connectivity index (χ1v) is 10.6. The third-order valence-electron chi connectivity index (χ3n) is 4.18. The van der Waals surface area contributed by atoms with Gasteiger partial charge in [0.2, 0.25) is 0 Å². The number of ketones is 1. The first-order chi connectivity index (χ1) is 12.7. The van der Waals surface area contributed by atoms with Gasteiger partial charge in [-0.1, -0.05) is 47.5 Å². The van der Waals surface area contributed by atoms with Gasteiger partial charge in [0.05, 0.1) is 16.6 Å². The summed E-state index contributed by atoms with van der Waals surface area (Å²) in [6.45, 7) is 2.70. The van der Waals surface area contributed by atoms with Crippen LogP contribution in [0, 0.1) is 0 Å². The van der Waals surface area contributed by atoms with E-state index in [9.17, 15) is 4.79 Å². The van der Waals surface area contributed by atoms with E-state index >= 15 is 0 Å². The number of alkyl halides is 1. The quantitative estimate of drug-likeness (QED) is 0.272. The molecule has 0 atom stereocenters. The minimum absolute atomic E-state index is 0.0196. The molecule has 0 saturated heterocycles. The Hall–Kier alpha value is -1.59. The van der Waals surface area contributed by atoms with Crippen LogP contribution < -0.4 is 4.74 Å². The van der Waals surface area contributed by atoms with Gasteiger partial charge in [0.15, 0.2) is 5.78 Å². The fraction of sp³-hybridized carbons (Fsp3) is 0.286. The Morgan fingerprint density at radius 3 is 2.73 bits per heavy atom. The van der Waals surface area contributed by atoms with Gasteiger partial charge in [-0.25, -0.2) is 0 Å². The van der Waals surface area contributed by atoms with Crippen LogP contribution in [0.25, 0.3) is 11.0 Å². The van der Waals surface area contributed by atoms with Crippen molar-refractivity contribution >= 4 is 48.6 Å². The van der Waals surface area contributed by atoms with E-state index in [0.29, 0.717) is 17.7 Å². The minimum Gasteiger partial charge on any atom is -0.492 e. The molecule has 0 unspecified atom stereocenters. The zero-order chi connectivity index (χ0) is 18.5. The van der Waals surface area contributed by atoms with Crippen LogP contribution in [0.4, 0.5) is 0 Å². The lowest BCUT2D eigenvalue weighted by atomic mass is 9.98. The summed E-state index contributed by atoms with van der Waals surface area (Å²) in [7, 11) is 0. The van der Waals surface area contributed by atoms with Crippen LogP contribution in [0.1, 0.15) is 41.4 Å². The van der Waals surface area contributed by atoms with Crippen LogP contribution in [0.3, 0.4) is 0 Å². The number of carbonyl (C=O) groups is 1. The predicted molar refractivity (Wildman–Crippen MR) is 112 cm³/mol. The van der Waals surface area contributed by atoms with E-state index < -0.39 is 0 Å². The average Bonchev–Trinajstić information content (AvgIpc) is 3.03. The summed E-state index contributed by atoms with van der Waals surface area (Å²) in [5, 5.41) is 1.63. The highest BCUT2D eigenvalue weighted by atomic mass is 79.9. The normalized spacial score (nSPS) is 11.0. The fourth-order valence-electron chi connectivity index (χ4n) is 2.91. The van der Waals surface area contributed by atoms with Crippen molar-refractivity contribution in [2.24, 2.45) is 0 Å². The number of ether oxygens (including phenoxy) is 1. The van der Waals surface area contributed by atoms with Crippen LogP contribution >= 0.6 is 31.9 Å². The number of para-hydroxylation sites is 1. The summed E-state index contributed by atoms with van der Waals surface area (Å²) < 4.78 is 12.4. The number of aryl methyl sites for hydroxylation is 1. The summed E-state index contributed by atoms with van der Waals surface area (Å²) in [4.78, 5) is 13.3. The summed E-state index contributed by atoms with van der Waals surface area (Å²) in [5.41, 5.74) is 2.06. The number of furan rings is 1. The Labute approximate surface area is 170 Å². The molecule has 3 nitrogen and oxygen atoms in total. The second-order valence-corrected chi connectivity index (χ2v) is 7.66. The predicted octanol–water partition coefficient (Wildman–Crippen LogP) is 6.54. The average molecular weight is 480 g/mol. The van der Waals surface area contributed by atoms with Crippen molar-refractivity contribution in [2.45, 2.75) is 26.2 Å². The number of benzene rings is 2. The number of carbonyl (C=O) groups excluding carboxylic acids is 1. The van der Waals surface area contributed by atoms with Crippen molar-refractivity contribution in [2.75, 3.05) is 11.9 Å². The molecule has 26 heavy (non-hydrogen) atoms. The van der Waals surface area contributed by atoms with Gasteiger partial charge >= 0.3 is 0 Å². The molecule has 0 radical (unpaired) electrons. The zero-order valence-electron chi connectivity index (χ0n) is 14.6. The molecule has 0 bridgehead atoms. The Kier molecular flexibility index (Phi) is 6.54. The second-order valence-electron chi connectivity index (χ2n) is 6.01. The molecule has 3 aromatic rings. The molecular weight excluding hydrogens is 460 g/mol. The molecule has 2 aromatic carbocycles. The van der Waals surface area contributed by atoms with E-state index in [-0.39, 0.29) is 5.78 Å². The molecule has 0 aliphatic carbocycles. The second kappa shape index (κ2) is 8.87. The van der Waals surface area contributed by atoms with Gasteiger partial charge in [-0.05, 0) is 46.6 Å². The lowest BCUT2D eigenvalue weighted by Crippen LogP contribution is -2.05. The van der Waals surface area contributed by atoms with Crippen molar-refractivity contribution in [3.63, 3.8) is 0 Å². The Bertz CT molecular complexity index is 915. The molecule has 0 fully saturated rings. The smallest absolute Gasteiger partial charge is 0.197 e. The fourth-order valence-corrected chi connectivity index (χ4v) is 3.57. The molecule has 1 aromatic heterocycles. The monoisotopic (exact) mass is 478 g/mol. The van der Waals surface area contributed by atoms with E-state index in [1.54, 1.807) is 0 Å². The van der Waals surface area contributed by atoms with Gasteiger partial charge in [0.1, 0.15) is 17.1 Å². The topological polar surface area (TPSA) is 39.4 Å². The van der Waals surface area contributed by atoms with Crippen molar-refractivity contribution in [1.29, 1.82) is 0 Å². The van der Waals surface area contributed by atoms with Gasteiger partial charge < -0.3 is 9.15 Å². The van der Waals surface area contributed by atoms with Crippen molar-refractivity contribution in [1.82, 2.24) is 0 Å². The third-order valence-corrected chi connectivity index (χ3v) is 5.13. The Balaban J connectivity index is 2.00. The highest BCUT2D eigenvalue weighted by Crippen LogP contribution is 2.32. The molecule has 0 aliphatic heterocycles. The van der Waals surface area contributed by atoms with Crippen LogP contribution in [0.15, 0.2) is 51.4 Å². The molecule has 0 saturated carbocycles. The number of unbranched alkanes of at least 4 members (excludes halogenated alkanes) is 1. The maximum atomic E-state index is 13.3. The third kappa shape index (κ3) is 4.04. The van der Waals surface area contributed by atoms with E-state index in [4.69, 9.17) is 9.15 Å². The highest BCUT2D eigenvalue weighted by Gasteiger charge is 2.22. The molecule has 0 spiro atoms. The lowest BCUT2D eigenvalue weighted by Gasteiger charge is -2.09. The van der Waals surface area contributed by atoms with Crippen molar-refractivity contribution < 1.29 is 13.9 Å². The van der Waals surface area contributed by atoms with Crippen LogP contribution in [-0.2, 0) is 6.42 Å². The van der Waals surface area contributed by atoms with E-state index in [1.807, 2.05) is 42.5 Å². The summed E-state index contributed by atoms with van der Waals surface area (Å²) >= 11 is 6.85. The minimum atomic E-state index is -0.0196. The Morgan fingerprint density at radius 1 is 1.19 bits per heavy atom. The number of fused-ring (bicyclic) bond motifs is 1. The molecule has 3 rings (SSSR count). The Morgan fingerprint density at radius 2 is 2.00 bits per heavy atom. The van der Waals surface area contributed by atoms with Crippen LogP contribution in [0.5, 0.6) is 5.75 Å². The first kappa shape index (κ1) is 19.2. The van der Waals surface area contributed by atoms with Crippen molar-refractivity contribution in [3.05, 3.63) is 63.8 Å². The van der Waals surface area contributed by atoms with E-state index in [1.165, 1.54) is 0 Å². The number of halogens is 2. The van der Waals surface area contributed by atoms with Gasteiger partial charge in [-0.15, -0.1) is 0 Å². The van der Waals surface area contributed by atoms with Crippen LogP contribution in [0.2, 0.25) is 0 Å². The highest BCUT2D eigenvalue weighted by molar-refractivity contribution is 9.10. The van der Waals surface area contributed by atoms with Crippen LogP contribution in [-0.4, -0.2) is 17.7 Å². The number of rotatable bonds is 8. The van der Waals surface area contributed by atoms with E-state index in [0.717, 1.165) is 51.5 Å². The van der Waals surface area contributed by atoms with E-state index in [2.05, 4.69) is 38.8 Å². The maximum Gasteiger partial charge on any atom is 0.197 e. The maximum absolute atomic E-state index is 13.3. The lowest BCUT2D eigenvalue weighted by molar-refractivity contribution is 0.103. The first-order valence-electron chi connectivity index (χ1n) is 8.69. The summed E-state index contributed by atoms with van der Waals surface area (Å²) in [6.07, 6.45) is 2.80. The largest absolute Gasteiger partial charge is 0.492 e. The molecule has 136 valence electrons. The summed E-state index contributed by atoms with van der Waals surface area (Å²) in [6, 6.07) is 13.2. The molecule has 1 heterocycles. The number of hydrogen-bond acceptors (Lipinski definition) is 3. The van der Waals surface area contributed by atoms with Gasteiger partial charge in [-0.3, -0.25) is 4.79 Å². The van der Waals surface area contributed by atoms with Gasteiger partial charge in [-0.2, -0.15) is 0 Å². The number of hydrogen-bond donors (Lipinski definition) is 0. The zero-order valence-corrected chi connectivity index (χ0v) is 17.7. The molecule has 0 aliphatic rings. The molecular formula is C21H20Br2O3. The van der Waals surface area contributed by atoms with Gasteiger partial charge in [0.25, 0.3) is 0 Å². The SMILES string of the molecule is CCCCc1oc2ccccc2c1C(=O)c1ccc(OCCBr)c(Br)c1. The molecule has 0 N–H and O–H groups in total. The van der Waals surface area contributed by atoms with Crippen molar-refractivity contribution in [3.8, 4) is 5.75 Å². The van der Waals surface area contributed by atoms with Gasteiger partial charge in [0, 0.05) is 22.7 Å². The standard InChI is InChI=1S/C21H20Br2O3/c1-2-3-7-19-20(15-6-4-5-8-17(15)26-19)21(24)14-9-10-18(16(23)13-14)25-12-11-22/h4-6,8-10,13H,2-3,7,11-12H2,1H3.